The van der Waals surface area contributed by atoms with Crippen LogP contribution in [0.1, 0.15) is 5.69 Å². The quantitative estimate of drug-likeness (QED) is 0.838. The van der Waals surface area contributed by atoms with Crippen molar-refractivity contribution in [3.63, 3.8) is 0 Å². The van der Waals surface area contributed by atoms with E-state index in [0.717, 1.165) is 0 Å². The van der Waals surface area contributed by atoms with Crippen LogP contribution in [0.4, 0.5) is 8.78 Å². The summed E-state index contributed by atoms with van der Waals surface area (Å²) in [5.74, 6) is -3.00. The van der Waals surface area contributed by atoms with E-state index in [4.69, 9.17) is 5.73 Å². The number of hydrogen-bond donors (Lipinski definition) is 1. The van der Waals surface area contributed by atoms with Crippen molar-refractivity contribution in [1.29, 1.82) is 0 Å². The second-order valence-electron chi connectivity index (χ2n) is 2.28. The Balaban J connectivity index is 0. The Morgan fingerprint density at radius 3 is 2.38 bits per heavy atom. The van der Waals surface area contributed by atoms with Gasteiger partial charge in [0.05, 0.1) is 6.54 Å². The first-order chi connectivity index (χ1) is 5.06. The fourth-order valence-corrected chi connectivity index (χ4v) is 0.715. The zero-order valence-electron chi connectivity index (χ0n) is 6.91. The maximum atomic E-state index is 12.7. The van der Waals surface area contributed by atoms with Gasteiger partial charge in [-0.25, -0.2) is 0 Å². The number of aryl methyl sites for hydroxylation is 1. The van der Waals surface area contributed by atoms with Crippen LogP contribution >= 0.6 is 24.8 Å². The van der Waals surface area contributed by atoms with Crippen LogP contribution in [0.3, 0.4) is 0 Å². The Morgan fingerprint density at radius 2 is 2.08 bits per heavy atom. The van der Waals surface area contributed by atoms with Gasteiger partial charge in [0.1, 0.15) is 5.69 Å². The van der Waals surface area contributed by atoms with Gasteiger partial charge in [-0.05, 0) is 6.07 Å². The largest absolute Gasteiger partial charge is 0.325 e. The molecule has 1 heterocycles. The number of nitrogens with zero attached hydrogens (tertiary/aromatic N) is 2. The summed E-state index contributed by atoms with van der Waals surface area (Å²) in [5.41, 5.74) is 4.57. The summed E-state index contributed by atoms with van der Waals surface area (Å²) in [4.78, 5) is 0. The molecule has 0 saturated heterocycles. The normalized spacial score (nSPS) is 10.2. The van der Waals surface area contributed by atoms with Gasteiger partial charge < -0.3 is 5.73 Å². The van der Waals surface area contributed by atoms with E-state index in [1.54, 1.807) is 7.05 Å². The number of hydrogen-bond acceptors (Lipinski definition) is 2. The van der Waals surface area contributed by atoms with E-state index in [-0.39, 0.29) is 30.5 Å². The third-order valence-corrected chi connectivity index (χ3v) is 1.34. The van der Waals surface area contributed by atoms with Gasteiger partial charge >= 0.3 is 5.92 Å². The number of rotatable bonds is 2. The number of aromatic nitrogens is 2. The molecule has 7 heteroatoms. The average Bonchev–Trinajstić information content (AvgIpc) is 2.36. The molecule has 0 radical (unpaired) electrons. The first kappa shape index (κ1) is 15.1. The van der Waals surface area contributed by atoms with E-state index < -0.39 is 12.5 Å². The molecule has 1 aromatic rings. The van der Waals surface area contributed by atoms with Gasteiger partial charge in [0.15, 0.2) is 0 Å². The molecule has 0 aliphatic carbocycles. The molecule has 78 valence electrons. The molecule has 1 rings (SSSR count). The molecular formula is C6H11Cl2F2N3. The van der Waals surface area contributed by atoms with Crippen LogP contribution in [0.5, 0.6) is 0 Å². The summed E-state index contributed by atoms with van der Waals surface area (Å²) < 4.78 is 26.7. The molecule has 0 amide bonds. The Hall–Kier alpha value is -0.390. The van der Waals surface area contributed by atoms with Gasteiger partial charge in [0, 0.05) is 13.2 Å². The van der Waals surface area contributed by atoms with Crippen molar-refractivity contribution in [3.8, 4) is 0 Å². The predicted molar refractivity (Wildman–Crippen MR) is 50.7 cm³/mol. The lowest BCUT2D eigenvalue weighted by atomic mass is 10.2. The molecule has 0 atom stereocenters. The molecule has 0 aliphatic heterocycles. The van der Waals surface area contributed by atoms with Crippen LogP contribution in [0.15, 0.2) is 12.3 Å². The van der Waals surface area contributed by atoms with E-state index in [2.05, 4.69) is 5.10 Å². The third-order valence-electron chi connectivity index (χ3n) is 1.34. The summed E-state index contributed by atoms with van der Waals surface area (Å²) in [7, 11) is 1.58. The van der Waals surface area contributed by atoms with Crippen molar-refractivity contribution in [2.45, 2.75) is 5.92 Å². The lowest BCUT2D eigenvalue weighted by Crippen LogP contribution is -2.25. The molecule has 2 N–H and O–H groups in total. The second-order valence-corrected chi connectivity index (χ2v) is 2.28. The van der Waals surface area contributed by atoms with Gasteiger partial charge in [-0.15, -0.1) is 24.8 Å². The van der Waals surface area contributed by atoms with E-state index >= 15 is 0 Å². The van der Waals surface area contributed by atoms with Crippen molar-refractivity contribution in [3.05, 3.63) is 18.0 Å². The highest BCUT2D eigenvalue weighted by atomic mass is 35.5. The van der Waals surface area contributed by atoms with Crippen molar-refractivity contribution in [2.75, 3.05) is 6.54 Å². The van der Waals surface area contributed by atoms with Crippen molar-refractivity contribution in [2.24, 2.45) is 12.8 Å². The zero-order valence-corrected chi connectivity index (χ0v) is 8.54. The first-order valence-electron chi connectivity index (χ1n) is 3.14. The van der Waals surface area contributed by atoms with Gasteiger partial charge in [-0.2, -0.15) is 13.9 Å². The fraction of sp³-hybridized carbons (Fsp3) is 0.500. The Bertz CT molecular complexity index is 252. The highest BCUT2D eigenvalue weighted by Gasteiger charge is 2.31. The maximum absolute atomic E-state index is 12.7. The summed E-state index contributed by atoms with van der Waals surface area (Å²) in [6.07, 6.45) is 1.46. The van der Waals surface area contributed by atoms with Crippen LogP contribution in [0, 0.1) is 0 Å². The smallest absolute Gasteiger partial charge is 0.303 e. The minimum Gasteiger partial charge on any atom is -0.325 e. The molecule has 13 heavy (non-hydrogen) atoms. The summed E-state index contributed by atoms with van der Waals surface area (Å²) in [5, 5.41) is 3.54. The van der Waals surface area contributed by atoms with Crippen molar-refractivity contribution >= 4 is 24.8 Å². The van der Waals surface area contributed by atoms with Crippen LogP contribution in [-0.4, -0.2) is 16.3 Å². The zero-order chi connectivity index (χ0) is 8.48. The highest BCUT2D eigenvalue weighted by molar-refractivity contribution is 5.85. The Morgan fingerprint density at radius 1 is 1.54 bits per heavy atom. The number of alkyl halides is 2. The van der Waals surface area contributed by atoms with Crippen LogP contribution in [0.25, 0.3) is 0 Å². The van der Waals surface area contributed by atoms with Crippen LogP contribution in [-0.2, 0) is 13.0 Å². The lowest BCUT2D eigenvalue weighted by Gasteiger charge is -2.09. The minimum atomic E-state index is -3.00. The minimum absolute atomic E-state index is 0. The Kier molecular flexibility index (Phi) is 6.23. The highest BCUT2D eigenvalue weighted by Crippen LogP contribution is 2.23. The van der Waals surface area contributed by atoms with E-state index in [0.29, 0.717) is 0 Å². The standard InChI is InChI=1S/C6H9F2N3.2ClH/c1-11-3-2-5(10-11)6(7,8)4-9;;/h2-3H,4,9H2,1H3;2*1H. The average molecular weight is 234 g/mol. The van der Waals surface area contributed by atoms with Gasteiger partial charge in [0.25, 0.3) is 0 Å². The SMILES string of the molecule is Cl.Cl.Cn1ccc(C(F)(F)CN)n1. The number of nitrogens with two attached hydrogens (primary N) is 1. The van der Waals surface area contributed by atoms with Crippen LogP contribution < -0.4 is 5.73 Å². The summed E-state index contributed by atoms with van der Waals surface area (Å²) in [6.45, 7) is -0.704. The molecule has 0 spiro atoms. The molecule has 1 aromatic heterocycles. The maximum Gasteiger partial charge on any atom is 0.303 e. The van der Waals surface area contributed by atoms with Crippen molar-refractivity contribution < 1.29 is 8.78 Å². The van der Waals surface area contributed by atoms with E-state index in [9.17, 15) is 8.78 Å². The Labute approximate surface area is 87.1 Å². The molecule has 0 fully saturated rings. The fourth-order valence-electron chi connectivity index (χ4n) is 0.715. The third kappa shape index (κ3) is 3.46. The molecule has 0 aliphatic rings. The van der Waals surface area contributed by atoms with E-state index in [1.165, 1.54) is 16.9 Å². The molecule has 0 saturated carbocycles. The summed E-state index contributed by atoms with van der Waals surface area (Å²) in [6, 6.07) is 1.26. The van der Waals surface area contributed by atoms with Gasteiger partial charge in [0.2, 0.25) is 0 Å². The van der Waals surface area contributed by atoms with Gasteiger partial charge in [-0.3, -0.25) is 4.68 Å². The van der Waals surface area contributed by atoms with Crippen LogP contribution in [0.2, 0.25) is 0 Å². The molecule has 0 bridgehead atoms. The summed E-state index contributed by atoms with van der Waals surface area (Å²) >= 11 is 0. The predicted octanol–water partition coefficient (Wildman–Crippen LogP) is 1.31. The molecule has 3 nitrogen and oxygen atoms in total. The monoisotopic (exact) mass is 233 g/mol. The first-order valence-corrected chi connectivity index (χ1v) is 3.14. The molecule has 0 unspecified atom stereocenters. The van der Waals surface area contributed by atoms with Gasteiger partial charge in [-0.1, -0.05) is 0 Å². The van der Waals surface area contributed by atoms with E-state index in [1.807, 2.05) is 0 Å². The topological polar surface area (TPSA) is 43.8 Å². The van der Waals surface area contributed by atoms with Crippen molar-refractivity contribution in [1.82, 2.24) is 9.78 Å². The lowest BCUT2D eigenvalue weighted by molar-refractivity contribution is 0.000864. The molecule has 0 aromatic carbocycles. The second kappa shape index (κ2) is 5.36. The molecular weight excluding hydrogens is 223 g/mol. The number of halogens is 4.